The average Bonchev–Trinajstić information content (AvgIpc) is 3.60. The van der Waals surface area contributed by atoms with Crippen LogP contribution in [-0.4, -0.2) is 105 Å². The normalized spacial score (nSPS) is 20.2. The number of hydrogen-bond acceptors (Lipinski definition) is 15. The molecule has 4 rings (SSSR count). The number of aliphatic hydroxyl groups excluding tert-OH is 2. The summed E-state index contributed by atoms with van der Waals surface area (Å²) in [5.74, 6) is -0.711. The lowest BCUT2D eigenvalue weighted by molar-refractivity contribution is -0.157. The van der Waals surface area contributed by atoms with Crippen LogP contribution in [0.4, 0.5) is 16.6 Å². The van der Waals surface area contributed by atoms with E-state index < -0.39 is 69.9 Å². The van der Waals surface area contributed by atoms with Gasteiger partial charge in [-0.3, -0.25) is 9.36 Å². The molecule has 0 spiro atoms. The molecule has 1 fully saturated rings. The van der Waals surface area contributed by atoms with Crippen molar-refractivity contribution in [1.82, 2.24) is 29.6 Å². The van der Waals surface area contributed by atoms with E-state index in [0.717, 1.165) is 5.56 Å². The van der Waals surface area contributed by atoms with E-state index >= 15 is 0 Å². The molecule has 0 saturated carbocycles. The number of hydrogen-bond donors (Lipinski definition) is 6. The summed E-state index contributed by atoms with van der Waals surface area (Å²) in [6.07, 6.45) is -4.74. The summed E-state index contributed by atoms with van der Waals surface area (Å²) in [4.78, 5) is 40.9. The molecule has 0 unspecified atom stereocenters. The van der Waals surface area contributed by atoms with Gasteiger partial charge in [0.1, 0.15) is 35.0 Å². The quantitative estimate of drug-likeness (QED) is 0.0426. The van der Waals surface area contributed by atoms with Gasteiger partial charge in [0.05, 0.1) is 17.3 Å². The van der Waals surface area contributed by atoms with Gasteiger partial charge in [-0.2, -0.15) is 14.7 Å². The van der Waals surface area contributed by atoms with E-state index in [4.69, 9.17) is 19.9 Å². The third-order valence-corrected chi connectivity index (χ3v) is 9.45. The molecule has 3 aromatic rings. The Morgan fingerprint density at radius 3 is 2.35 bits per heavy atom. The Labute approximate surface area is 312 Å². The number of fused-ring (bicyclic) bond motifs is 1. The summed E-state index contributed by atoms with van der Waals surface area (Å²) in [5.41, 5.74) is 15.1. The van der Waals surface area contributed by atoms with Crippen molar-refractivity contribution in [2.75, 3.05) is 24.1 Å². The molecular formula is C33H49N11O9S. The summed E-state index contributed by atoms with van der Waals surface area (Å²) < 4.78 is 47.1. The lowest BCUT2D eigenvalue weighted by Gasteiger charge is -2.26. The number of aliphatic hydroxyl groups is 2. The molecule has 20 nitrogen and oxygen atoms in total. The summed E-state index contributed by atoms with van der Waals surface area (Å²) in [7, 11) is -4.15. The van der Waals surface area contributed by atoms with Crippen molar-refractivity contribution in [1.29, 1.82) is 0 Å². The molecule has 1 aliphatic rings. The third kappa shape index (κ3) is 11.4. The first kappa shape index (κ1) is 42.0. The van der Waals surface area contributed by atoms with Crippen LogP contribution >= 0.6 is 0 Å². The minimum absolute atomic E-state index is 0.0203. The SMILES string of the molecule is Cc1ccc(S(=O)(=O)N[C@@H](CC[C@@H](C[C@H]2O[C@@H](n3cnc4c(N)nc(NCCNC(=O)OC(C)(C)C)nc43)[C@H](O)[C@@H]2O)N=[N+]=[N-])C(=O)OC(C)(C)C)cc1. The van der Waals surface area contributed by atoms with Gasteiger partial charge in [-0.05, 0) is 85.4 Å². The molecule has 3 heterocycles. The Hall–Kier alpha value is -4.79. The third-order valence-electron chi connectivity index (χ3n) is 7.96. The first-order valence-corrected chi connectivity index (χ1v) is 18.7. The molecule has 296 valence electrons. The van der Waals surface area contributed by atoms with Crippen LogP contribution in [-0.2, 0) is 29.0 Å². The molecule has 0 bridgehead atoms. The molecular weight excluding hydrogens is 726 g/mol. The summed E-state index contributed by atoms with van der Waals surface area (Å²) in [6, 6.07) is 3.84. The van der Waals surface area contributed by atoms with Gasteiger partial charge in [-0.15, -0.1) is 0 Å². The number of anilines is 2. The van der Waals surface area contributed by atoms with Crippen LogP contribution in [0.3, 0.4) is 0 Å². The van der Waals surface area contributed by atoms with Crippen molar-refractivity contribution in [3.8, 4) is 0 Å². The van der Waals surface area contributed by atoms with Crippen LogP contribution in [0.2, 0.25) is 0 Å². The maximum atomic E-state index is 13.2. The van der Waals surface area contributed by atoms with E-state index in [9.17, 15) is 33.8 Å². The number of carbonyl (C=O) groups is 2. The molecule has 0 radical (unpaired) electrons. The number of benzene rings is 1. The molecule has 21 heteroatoms. The van der Waals surface area contributed by atoms with E-state index in [1.54, 1.807) is 53.7 Å². The van der Waals surface area contributed by atoms with Crippen molar-refractivity contribution in [2.45, 2.75) is 120 Å². The van der Waals surface area contributed by atoms with Crippen molar-refractivity contribution in [3.63, 3.8) is 0 Å². The molecule has 54 heavy (non-hydrogen) atoms. The average molecular weight is 776 g/mol. The van der Waals surface area contributed by atoms with Gasteiger partial charge in [0.25, 0.3) is 0 Å². The smallest absolute Gasteiger partial charge is 0.407 e. The maximum Gasteiger partial charge on any atom is 0.407 e. The highest BCUT2D eigenvalue weighted by Gasteiger charge is 2.45. The number of sulfonamides is 1. The fraction of sp³-hybridized carbons (Fsp3) is 0.606. The number of amides is 1. The van der Waals surface area contributed by atoms with Crippen LogP contribution in [0.25, 0.3) is 21.6 Å². The van der Waals surface area contributed by atoms with Crippen molar-refractivity contribution >= 4 is 45.0 Å². The van der Waals surface area contributed by atoms with Gasteiger partial charge >= 0.3 is 12.1 Å². The first-order valence-electron chi connectivity index (χ1n) is 17.3. The van der Waals surface area contributed by atoms with Crippen LogP contribution < -0.4 is 21.1 Å². The second kappa shape index (κ2) is 17.1. The topological polar surface area (TPSA) is 291 Å². The Balaban J connectivity index is 1.46. The molecule has 6 atom stereocenters. The molecule has 1 amide bonds. The number of nitrogen functional groups attached to an aromatic ring is 1. The predicted octanol–water partition coefficient (Wildman–Crippen LogP) is 2.81. The van der Waals surface area contributed by atoms with Crippen LogP contribution in [0.1, 0.15) is 72.6 Å². The van der Waals surface area contributed by atoms with E-state index in [-0.39, 0.29) is 60.2 Å². The van der Waals surface area contributed by atoms with E-state index in [1.165, 1.54) is 23.0 Å². The zero-order valence-corrected chi connectivity index (χ0v) is 32.1. The van der Waals surface area contributed by atoms with Gasteiger partial charge in [0.2, 0.25) is 16.0 Å². The standard InChI is InChI=1S/C33H49N11O9S/c1-18-8-11-20(12-9-18)54(49,50)42-21(29(47)52-32(2,3)4)13-10-19(41-43-35)16-22-24(45)25(46)28(51-22)44-17-38-23-26(34)39-30(40-27(23)44)36-14-15-37-31(48)53-33(5,6)7/h8-9,11-12,17,19,21-22,24-25,28,42,45-46H,10,13-16H2,1-7H3,(H,37,48)(H3,34,36,39,40)/t19-,21-,22+,24+,25+,28+/m0/s1. The number of rotatable bonds is 15. The number of nitrogens with two attached hydrogens (primary N) is 1. The lowest BCUT2D eigenvalue weighted by Crippen LogP contribution is -2.44. The number of carbonyl (C=O) groups excluding carboxylic acids is 2. The molecule has 1 saturated heterocycles. The number of ether oxygens (including phenoxy) is 3. The molecule has 7 N–H and O–H groups in total. The number of esters is 1. The molecule has 1 aromatic carbocycles. The van der Waals surface area contributed by atoms with E-state index in [0.29, 0.717) is 0 Å². The number of nitrogens with zero attached hydrogens (tertiary/aromatic N) is 7. The Bertz CT molecular complexity index is 1940. The van der Waals surface area contributed by atoms with E-state index in [1.807, 2.05) is 6.92 Å². The van der Waals surface area contributed by atoms with E-state index in [2.05, 4.69) is 40.3 Å². The van der Waals surface area contributed by atoms with Crippen LogP contribution in [0.15, 0.2) is 40.6 Å². The molecule has 0 aliphatic carbocycles. The second-order valence-corrected chi connectivity index (χ2v) is 16.6. The highest BCUT2D eigenvalue weighted by Crippen LogP contribution is 2.35. The minimum Gasteiger partial charge on any atom is -0.459 e. The zero-order valence-electron chi connectivity index (χ0n) is 31.3. The second-order valence-electron chi connectivity index (χ2n) is 14.9. The Kier molecular flexibility index (Phi) is 13.3. The first-order chi connectivity index (χ1) is 25.2. The maximum absolute atomic E-state index is 13.2. The predicted molar refractivity (Wildman–Crippen MR) is 196 cm³/mol. The summed E-state index contributed by atoms with van der Waals surface area (Å²) in [6.45, 7) is 12.4. The Morgan fingerprint density at radius 2 is 1.72 bits per heavy atom. The summed E-state index contributed by atoms with van der Waals surface area (Å²) in [5, 5.41) is 31.5. The number of nitrogens with one attached hydrogen (secondary N) is 3. The Morgan fingerprint density at radius 1 is 1.06 bits per heavy atom. The fourth-order valence-electron chi connectivity index (χ4n) is 5.50. The van der Waals surface area contributed by atoms with Gasteiger partial charge in [0, 0.05) is 24.0 Å². The van der Waals surface area contributed by atoms with Gasteiger partial charge in [0.15, 0.2) is 17.7 Å². The van der Waals surface area contributed by atoms with Gasteiger partial charge in [-0.25, -0.2) is 18.2 Å². The van der Waals surface area contributed by atoms with Crippen molar-refractivity contribution in [3.05, 3.63) is 46.6 Å². The number of aromatic nitrogens is 4. The highest BCUT2D eigenvalue weighted by atomic mass is 32.2. The number of imidazole rings is 1. The minimum atomic E-state index is -4.15. The fourth-order valence-corrected chi connectivity index (χ4v) is 6.72. The number of alkyl carbamates (subject to hydrolysis) is 1. The van der Waals surface area contributed by atoms with Crippen LogP contribution in [0.5, 0.6) is 0 Å². The van der Waals surface area contributed by atoms with Gasteiger partial charge in [-0.1, -0.05) is 22.8 Å². The van der Waals surface area contributed by atoms with Crippen LogP contribution in [0, 0.1) is 6.92 Å². The van der Waals surface area contributed by atoms with Crippen molar-refractivity contribution in [2.24, 2.45) is 5.11 Å². The van der Waals surface area contributed by atoms with Crippen molar-refractivity contribution < 1.29 is 42.4 Å². The number of azide groups is 1. The van der Waals surface area contributed by atoms with Gasteiger partial charge < -0.3 is 40.8 Å². The summed E-state index contributed by atoms with van der Waals surface area (Å²) >= 11 is 0. The number of aryl methyl sites for hydroxylation is 1. The zero-order chi connectivity index (χ0) is 40.0. The monoisotopic (exact) mass is 775 g/mol. The molecule has 2 aromatic heterocycles. The highest BCUT2D eigenvalue weighted by molar-refractivity contribution is 7.89. The molecule has 1 aliphatic heterocycles. The lowest BCUT2D eigenvalue weighted by atomic mass is 9.98. The largest absolute Gasteiger partial charge is 0.459 e.